The Hall–Kier alpha value is -3.79. The van der Waals surface area contributed by atoms with Crippen molar-refractivity contribution in [3.8, 4) is 11.5 Å². The van der Waals surface area contributed by atoms with Crippen LogP contribution in [0.5, 0.6) is 11.5 Å². The number of nitrogens with zero attached hydrogens (tertiary/aromatic N) is 1. The summed E-state index contributed by atoms with van der Waals surface area (Å²) in [6.07, 6.45) is -1.72. The Kier molecular flexibility index (Phi) is 6.34. The Bertz CT molecular complexity index is 1280. The van der Waals surface area contributed by atoms with E-state index >= 15 is 0 Å². The van der Waals surface area contributed by atoms with Gasteiger partial charge in [-0.3, -0.25) is 14.5 Å². The highest BCUT2D eigenvalue weighted by atomic mass is 19.3. The van der Waals surface area contributed by atoms with Crippen molar-refractivity contribution in [3.63, 3.8) is 0 Å². The second-order valence-corrected chi connectivity index (χ2v) is 7.62. The van der Waals surface area contributed by atoms with Gasteiger partial charge < -0.3 is 19.7 Å². The number of amides is 1. The van der Waals surface area contributed by atoms with Crippen LogP contribution in [0.25, 0.3) is 10.8 Å². The predicted octanol–water partition coefficient (Wildman–Crippen LogP) is 4.65. The molecule has 1 aliphatic rings. The van der Waals surface area contributed by atoms with Crippen molar-refractivity contribution in [2.75, 3.05) is 11.5 Å². The standard InChI is InChI=1S/C24H20F3NO6/c1-2-9-33-20-13-5-3-4-6-14(13)21(34-24(26)27)19-18(20)22(31)28(23(19)32)16-8-7-12(10-15(16)25)11-17(29)30/h3-8,10,23-24,32H,2,9,11H2,1H3,(H,29,30). The summed E-state index contributed by atoms with van der Waals surface area (Å²) in [6, 6.07) is 9.67. The minimum atomic E-state index is -3.25. The third kappa shape index (κ3) is 4.01. The highest BCUT2D eigenvalue weighted by Gasteiger charge is 2.44. The van der Waals surface area contributed by atoms with E-state index in [2.05, 4.69) is 0 Å². The molecule has 4 rings (SSSR count). The van der Waals surface area contributed by atoms with Crippen molar-refractivity contribution in [2.45, 2.75) is 32.6 Å². The zero-order valence-electron chi connectivity index (χ0n) is 17.9. The van der Waals surface area contributed by atoms with Gasteiger partial charge >= 0.3 is 12.6 Å². The Morgan fingerprint density at radius 1 is 1.15 bits per heavy atom. The molecule has 1 unspecified atom stereocenters. The number of fused-ring (bicyclic) bond motifs is 2. The van der Waals surface area contributed by atoms with Gasteiger partial charge in [-0.1, -0.05) is 37.3 Å². The number of carbonyl (C=O) groups excluding carboxylic acids is 1. The van der Waals surface area contributed by atoms with Gasteiger partial charge in [-0.15, -0.1) is 0 Å². The van der Waals surface area contributed by atoms with Gasteiger partial charge in [0.2, 0.25) is 0 Å². The number of aliphatic carboxylic acids is 1. The number of carboxylic acids is 1. The molecular weight excluding hydrogens is 455 g/mol. The molecule has 1 aliphatic heterocycles. The van der Waals surface area contributed by atoms with Crippen LogP contribution in [0, 0.1) is 5.82 Å². The van der Waals surface area contributed by atoms with Crippen LogP contribution >= 0.6 is 0 Å². The molecule has 0 saturated heterocycles. The van der Waals surface area contributed by atoms with Gasteiger partial charge in [0.25, 0.3) is 5.91 Å². The first-order chi connectivity index (χ1) is 16.2. The molecule has 7 nitrogen and oxygen atoms in total. The molecule has 0 fully saturated rings. The van der Waals surface area contributed by atoms with E-state index < -0.39 is 42.7 Å². The van der Waals surface area contributed by atoms with E-state index in [1.54, 1.807) is 18.2 Å². The van der Waals surface area contributed by atoms with Crippen molar-refractivity contribution >= 4 is 28.3 Å². The van der Waals surface area contributed by atoms with Crippen LogP contribution in [0.3, 0.4) is 0 Å². The molecule has 1 amide bonds. The summed E-state index contributed by atoms with van der Waals surface area (Å²) in [6.45, 7) is -1.21. The smallest absolute Gasteiger partial charge is 0.387 e. The van der Waals surface area contributed by atoms with Crippen LogP contribution in [0.1, 0.15) is 41.1 Å². The molecule has 0 aromatic heterocycles. The molecule has 2 N–H and O–H groups in total. The molecule has 0 saturated carbocycles. The fourth-order valence-electron chi connectivity index (χ4n) is 4.06. The quantitative estimate of drug-likeness (QED) is 0.493. The van der Waals surface area contributed by atoms with Crippen molar-refractivity contribution in [2.24, 2.45) is 0 Å². The van der Waals surface area contributed by atoms with E-state index in [-0.39, 0.29) is 40.1 Å². The molecule has 10 heteroatoms. The Morgan fingerprint density at radius 3 is 2.41 bits per heavy atom. The number of ether oxygens (including phenoxy) is 2. The fourth-order valence-corrected chi connectivity index (χ4v) is 4.06. The molecule has 34 heavy (non-hydrogen) atoms. The van der Waals surface area contributed by atoms with Crippen molar-refractivity contribution in [3.05, 3.63) is 65.0 Å². The maximum absolute atomic E-state index is 14.9. The molecule has 0 bridgehead atoms. The summed E-state index contributed by atoms with van der Waals surface area (Å²) in [5, 5.41) is 20.5. The number of halogens is 3. The number of aliphatic hydroxyl groups excluding tert-OH is 1. The molecule has 0 aliphatic carbocycles. The number of rotatable bonds is 8. The molecule has 178 valence electrons. The zero-order valence-corrected chi connectivity index (χ0v) is 17.9. The van der Waals surface area contributed by atoms with Crippen LogP contribution in [-0.2, 0) is 11.2 Å². The fraction of sp³-hybridized carbons (Fsp3) is 0.250. The summed E-state index contributed by atoms with van der Waals surface area (Å²) < 4.78 is 52.2. The van der Waals surface area contributed by atoms with Gasteiger partial charge in [-0.25, -0.2) is 4.39 Å². The highest BCUT2D eigenvalue weighted by molar-refractivity contribution is 6.17. The van der Waals surface area contributed by atoms with Gasteiger partial charge in [-0.2, -0.15) is 8.78 Å². The van der Waals surface area contributed by atoms with Gasteiger partial charge in [0.15, 0.2) is 6.23 Å². The minimum Gasteiger partial charge on any atom is -0.492 e. The lowest BCUT2D eigenvalue weighted by Crippen LogP contribution is -2.28. The van der Waals surface area contributed by atoms with Crippen molar-refractivity contribution in [1.82, 2.24) is 0 Å². The van der Waals surface area contributed by atoms with E-state index in [4.69, 9.17) is 14.6 Å². The van der Waals surface area contributed by atoms with E-state index in [0.29, 0.717) is 16.7 Å². The lowest BCUT2D eigenvalue weighted by atomic mass is 9.98. The van der Waals surface area contributed by atoms with Crippen LogP contribution in [0.2, 0.25) is 0 Å². The maximum atomic E-state index is 14.9. The second-order valence-electron chi connectivity index (χ2n) is 7.62. The molecule has 0 radical (unpaired) electrons. The van der Waals surface area contributed by atoms with Crippen molar-refractivity contribution in [1.29, 1.82) is 0 Å². The summed E-state index contributed by atoms with van der Waals surface area (Å²) in [4.78, 5) is 25.1. The van der Waals surface area contributed by atoms with Gasteiger partial charge in [-0.05, 0) is 24.1 Å². The van der Waals surface area contributed by atoms with E-state index in [1.807, 2.05) is 6.92 Å². The predicted molar refractivity (Wildman–Crippen MR) is 116 cm³/mol. The topological polar surface area (TPSA) is 96.3 Å². The SMILES string of the molecule is CCCOc1c2c(c(OC(F)F)c3ccccc13)C(O)N(c1ccc(CC(=O)O)cc1F)C2=O. The second kappa shape index (κ2) is 9.22. The van der Waals surface area contributed by atoms with Crippen LogP contribution in [0.4, 0.5) is 18.9 Å². The first-order valence-corrected chi connectivity index (χ1v) is 10.4. The van der Waals surface area contributed by atoms with Gasteiger partial charge in [0, 0.05) is 10.8 Å². The summed E-state index contributed by atoms with van der Waals surface area (Å²) >= 11 is 0. The van der Waals surface area contributed by atoms with E-state index in [0.717, 1.165) is 12.1 Å². The largest absolute Gasteiger partial charge is 0.492 e. The summed E-state index contributed by atoms with van der Waals surface area (Å²) in [5.41, 5.74) is -0.670. The normalized spacial score (nSPS) is 15.2. The van der Waals surface area contributed by atoms with E-state index in [1.165, 1.54) is 12.1 Å². The lowest BCUT2D eigenvalue weighted by molar-refractivity contribution is -0.136. The number of alkyl halides is 2. The molecule has 1 heterocycles. The molecule has 3 aromatic carbocycles. The Labute approximate surface area is 191 Å². The average Bonchev–Trinajstić information content (AvgIpc) is 3.03. The molecular formula is C24H20F3NO6. The summed E-state index contributed by atoms with van der Waals surface area (Å²) in [7, 11) is 0. The molecule has 1 atom stereocenters. The van der Waals surface area contributed by atoms with Crippen LogP contribution in [-0.4, -0.2) is 35.3 Å². The third-order valence-electron chi connectivity index (χ3n) is 5.38. The summed E-state index contributed by atoms with van der Waals surface area (Å²) in [5.74, 6) is -3.34. The lowest BCUT2D eigenvalue weighted by Gasteiger charge is -2.22. The highest BCUT2D eigenvalue weighted by Crippen LogP contribution is 2.50. The number of carbonyl (C=O) groups is 2. The Balaban J connectivity index is 1.93. The zero-order chi connectivity index (χ0) is 24.6. The number of benzene rings is 3. The van der Waals surface area contributed by atoms with Crippen molar-refractivity contribution < 1.29 is 42.4 Å². The van der Waals surface area contributed by atoms with Gasteiger partial charge in [0.1, 0.15) is 17.3 Å². The number of hydrogen-bond donors (Lipinski definition) is 2. The third-order valence-corrected chi connectivity index (χ3v) is 5.38. The van der Waals surface area contributed by atoms with Gasteiger partial charge in [0.05, 0.1) is 29.8 Å². The maximum Gasteiger partial charge on any atom is 0.387 e. The number of anilines is 1. The minimum absolute atomic E-state index is 0.0727. The number of carboxylic acid groups (broad SMARTS) is 1. The Morgan fingerprint density at radius 2 is 1.82 bits per heavy atom. The van der Waals surface area contributed by atoms with Crippen LogP contribution < -0.4 is 14.4 Å². The van der Waals surface area contributed by atoms with E-state index in [9.17, 15) is 27.9 Å². The number of aliphatic hydroxyl groups is 1. The monoisotopic (exact) mass is 475 g/mol. The average molecular weight is 475 g/mol. The van der Waals surface area contributed by atoms with Crippen LogP contribution in [0.15, 0.2) is 42.5 Å². The molecule has 3 aromatic rings. The molecule has 0 spiro atoms. The first kappa shape index (κ1) is 23.4. The first-order valence-electron chi connectivity index (χ1n) is 10.4. The number of hydrogen-bond acceptors (Lipinski definition) is 5.